The van der Waals surface area contributed by atoms with E-state index in [0.29, 0.717) is 63.6 Å². The van der Waals surface area contributed by atoms with E-state index in [-0.39, 0.29) is 11.3 Å². The highest BCUT2D eigenvalue weighted by Crippen LogP contribution is 2.38. The fraction of sp³-hybridized carbons (Fsp3) is 0.652. The van der Waals surface area contributed by atoms with Crippen LogP contribution in [0.4, 0.5) is 13.2 Å². The molecule has 0 bridgehead atoms. The van der Waals surface area contributed by atoms with Crippen LogP contribution in [-0.2, 0) is 9.53 Å². The Morgan fingerprint density at radius 2 is 1.84 bits per heavy atom. The molecule has 0 unspecified atom stereocenters. The number of nitrogens with zero attached hydrogens (tertiary/aromatic N) is 1. The molecule has 2 aliphatic heterocycles. The first-order valence-electron chi connectivity index (χ1n) is 11.2. The fourth-order valence-electron chi connectivity index (χ4n) is 4.25. The van der Waals surface area contributed by atoms with Gasteiger partial charge in [-0.3, -0.25) is 9.59 Å². The molecular weight excluding hydrogens is 425 g/mol. The first kappa shape index (κ1) is 24.4. The standard InChI is InChI=1S/C23H31F3N2O4/c24-23(25,26)9-7-20(29)28-13-10-22(11-14-28)8-3-4-15-31-16-12-27-21(30)18-5-1-2-6-19(18)32-17-22/h1-2,5-6H,3-4,7-17H2,(H,27,30). The number of hydrogen-bond donors (Lipinski definition) is 1. The predicted molar refractivity (Wildman–Crippen MR) is 112 cm³/mol. The molecule has 0 saturated carbocycles. The Kier molecular flexibility index (Phi) is 8.39. The lowest BCUT2D eigenvalue weighted by Crippen LogP contribution is -2.45. The molecule has 178 valence electrons. The minimum Gasteiger partial charge on any atom is -0.492 e. The summed E-state index contributed by atoms with van der Waals surface area (Å²) in [6.07, 6.45) is -1.94. The molecule has 0 radical (unpaired) electrons. The van der Waals surface area contributed by atoms with E-state index in [1.54, 1.807) is 18.2 Å². The number of alkyl halides is 3. The van der Waals surface area contributed by atoms with Crippen LogP contribution >= 0.6 is 0 Å². The molecule has 1 aromatic rings. The molecular formula is C23H31F3N2O4. The zero-order chi connectivity index (χ0) is 23.0. The Hall–Kier alpha value is -2.29. The second-order valence-corrected chi connectivity index (χ2v) is 8.61. The number of halogens is 3. The Bertz CT molecular complexity index is 777. The third-order valence-electron chi connectivity index (χ3n) is 6.24. The molecule has 9 heteroatoms. The van der Waals surface area contributed by atoms with Crippen molar-refractivity contribution in [2.75, 3.05) is 39.5 Å². The molecule has 1 fully saturated rings. The van der Waals surface area contributed by atoms with Gasteiger partial charge in [0.25, 0.3) is 5.91 Å². The van der Waals surface area contributed by atoms with Crippen molar-refractivity contribution in [1.82, 2.24) is 10.2 Å². The van der Waals surface area contributed by atoms with Gasteiger partial charge in [0.15, 0.2) is 0 Å². The normalized spacial score (nSPS) is 20.6. The highest BCUT2D eigenvalue weighted by Gasteiger charge is 2.37. The van der Waals surface area contributed by atoms with Crippen molar-refractivity contribution < 1.29 is 32.2 Å². The molecule has 3 rings (SSSR count). The van der Waals surface area contributed by atoms with Gasteiger partial charge in [-0.25, -0.2) is 0 Å². The van der Waals surface area contributed by atoms with E-state index < -0.39 is 24.9 Å². The molecule has 2 heterocycles. The Morgan fingerprint density at radius 3 is 2.59 bits per heavy atom. The average Bonchev–Trinajstić information content (AvgIpc) is 2.77. The van der Waals surface area contributed by atoms with Crippen LogP contribution in [0, 0.1) is 5.41 Å². The fourth-order valence-corrected chi connectivity index (χ4v) is 4.25. The Morgan fingerprint density at radius 1 is 1.09 bits per heavy atom. The molecule has 0 aliphatic carbocycles. The number of benzene rings is 1. The maximum Gasteiger partial charge on any atom is 0.389 e. The first-order valence-corrected chi connectivity index (χ1v) is 11.2. The molecule has 1 spiro atoms. The lowest BCUT2D eigenvalue weighted by atomic mass is 9.75. The summed E-state index contributed by atoms with van der Waals surface area (Å²) >= 11 is 0. The maximum atomic E-state index is 12.5. The van der Waals surface area contributed by atoms with Crippen LogP contribution in [0.25, 0.3) is 0 Å². The highest BCUT2D eigenvalue weighted by molar-refractivity contribution is 5.96. The van der Waals surface area contributed by atoms with Crippen LogP contribution in [0.5, 0.6) is 5.75 Å². The number of carbonyl (C=O) groups excluding carboxylic acids is 2. The van der Waals surface area contributed by atoms with Crippen molar-refractivity contribution in [3.05, 3.63) is 29.8 Å². The number of carbonyl (C=O) groups is 2. The van der Waals surface area contributed by atoms with Crippen molar-refractivity contribution in [2.45, 2.75) is 51.1 Å². The number of amides is 2. The minimum atomic E-state index is -4.33. The summed E-state index contributed by atoms with van der Waals surface area (Å²) < 4.78 is 49.1. The van der Waals surface area contributed by atoms with Gasteiger partial charge < -0.3 is 19.7 Å². The van der Waals surface area contributed by atoms with E-state index in [1.807, 2.05) is 6.07 Å². The van der Waals surface area contributed by atoms with Gasteiger partial charge in [-0.15, -0.1) is 0 Å². The molecule has 32 heavy (non-hydrogen) atoms. The van der Waals surface area contributed by atoms with Gasteiger partial charge >= 0.3 is 6.18 Å². The smallest absolute Gasteiger partial charge is 0.389 e. The number of nitrogens with one attached hydrogen (secondary N) is 1. The quantitative estimate of drug-likeness (QED) is 0.732. The molecule has 2 amide bonds. The van der Waals surface area contributed by atoms with Crippen LogP contribution in [0.15, 0.2) is 24.3 Å². The van der Waals surface area contributed by atoms with E-state index in [4.69, 9.17) is 9.47 Å². The van der Waals surface area contributed by atoms with Gasteiger partial charge in [0.2, 0.25) is 5.91 Å². The minimum absolute atomic E-state index is 0.200. The third kappa shape index (κ3) is 7.12. The summed E-state index contributed by atoms with van der Waals surface area (Å²) in [5, 5.41) is 2.84. The monoisotopic (exact) mass is 456 g/mol. The van der Waals surface area contributed by atoms with E-state index >= 15 is 0 Å². The van der Waals surface area contributed by atoms with Crippen molar-refractivity contribution in [3.8, 4) is 5.75 Å². The predicted octanol–water partition coefficient (Wildman–Crippen LogP) is 3.95. The molecule has 1 saturated heterocycles. The summed E-state index contributed by atoms with van der Waals surface area (Å²) in [4.78, 5) is 26.3. The largest absolute Gasteiger partial charge is 0.492 e. The summed E-state index contributed by atoms with van der Waals surface area (Å²) in [6.45, 7) is 2.69. The highest BCUT2D eigenvalue weighted by atomic mass is 19.4. The van der Waals surface area contributed by atoms with E-state index in [9.17, 15) is 22.8 Å². The second kappa shape index (κ2) is 11.0. The SMILES string of the molecule is O=C1NCCOCCCCC2(CCN(C(=O)CCC(F)(F)F)CC2)COc2ccccc21. The zero-order valence-electron chi connectivity index (χ0n) is 18.2. The summed E-state index contributed by atoms with van der Waals surface area (Å²) in [5.41, 5.74) is 0.258. The molecule has 0 aromatic heterocycles. The molecule has 2 aliphatic rings. The van der Waals surface area contributed by atoms with Gasteiger partial charge in [0, 0.05) is 38.1 Å². The van der Waals surface area contributed by atoms with Crippen molar-refractivity contribution >= 4 is 11.8 Å². The molecule has 0 atom stereocenters. The Balaban J connectivity index is 1.67. The average molecular weight is 457 g/mol. The summed E-state index contributed by atoms with van der Waals surface area (Å²) in [7, 11) is 0. The number of piperidine rings is 1. The number of likely N-dealkylation sites (tertiary alicyclic amines) is 1. The lowest BCUT2D eigenvalue weighted by Gasteiger charge is -2.42. The van der Waals surface area contributed by atoms with E-state index in [1.165, 1.54) is 4.90 Å². The number of hydrogen-bond acceptors (Lipinski definition) is 4. The number of fused-ring (bicyclic) bond motifs is 1. The van der Waals surface area contributed by atoms with Gasteiger partial charge in [-0.05, 0) is 37.8 Å². The van der Waals surface area contributed by atoms with Gasteiger partial charge in [0.05, 0.1) is 25.2 Å². The summed E-state index contributed by atoms with van der Waals surface area (Å²) in [6, 6.07) is 7.07. The van der Waals surface area contributed by atoms with E-state index in [0.717, 1.165) is 19.3 Å². The van der Waals surface area contributed by atoms with Gasteiger partial charge in [-0.2, -0.15) is 13.2 Å². The molecule has 1 aromatic carbocycles. The third-order valence-corrected chi connectivity index (χ3v) is 6.24. The van der Waals surface area contributed by atoms with Gasteiger partial charge in [0.1, 0.15) is 5.75 Å². The van der Waals surface area contributed by atoms with Crippen LogP contribution in [-0.4, -0.2) is 62.3 Å². The van der Waals surface area contributed by atoms with E-state index in [2.05, 4.69) is 5.32 Å². The van der Waals surface area contributed by atoms with Crippen molar-refractivity contribution in [1.29, 1.82) is 0 Å². The maximum absolute atomic E-state index is 12.5. The van der Waals surface area contributed by atoms with Crippen molar-refractivity contribution in [2.24, 2.45) is 5.41 Å². The van der Waals surface area contributed by atoms with Crippen LogP contribution in [0.1, 0.15) is 55.3 Å². The topological polar surface area (TPSA) is 67.9 Å². The molecule has 1 N–H and O–H groups in total. The number of para-hydroxylation sites is 1. The van der Waals surface area contributed by atoms with Crippen LogP contribution in [0.3, 0.4) is 0 Å². The lowest BCUT2D eigenvalue weighted by molar-refractivity contribution is -0.150. The molecule has 6 nitrogen and oxygen atoms in total. The van der Waals surface area contributed by atoms with Gasteiger partial charge in [-0.1, -0.05) is 18.6 Å². The summed E-state index contributed by atoms with van der Waals surface area (Å²) in [5.74, 6) is -0.166. The Labute approximate surface area is 186 Å². The van der Waals surface area contributed by atoms with Crippen LogP contribution < -0.4 is 10.1 Å². The van der Waals surface area contributed by atoms with Crippen LogP contribution in [0.2, 0.25) is 0 Å². The van der Waals surface area contributed by atoms with Crippen molar-refractivity contribution in [3.63, 3.8) is 0 Å². The number of ether oxygens (including phenoxy) is 2. The first-order chi connectivity index (χ1) is 15.3. The number of rotatable bonds is 2. The second-order valence-electron chi connectivity index (χ2n) is 8.61. The zero-order valence-corrected chi connectivity index (χ0v) is 18.2.